The highest BCUT2D eigenvalue weighted by molar-refractivity contribution is 6.01. The van der Waals surface area contributed by atoms with Crippen LogP contribution >= 0.6 is 0 Å². The van der Waals surface area contributed by atoms with Crippen LogP contribution in [0.5, 0.6) is 0 Å². The Morgan fingerprint density at radius 2 is 1.94 bits per heavy atom. The Kier molecular flexibility index (Phi) is 4.82. The van der Waals surface area contributed by atoms with E-state index in [-0.39, 0.29) is 5.69 Å². The van der Waals surface area contributed by atoms with Crippen LogP contribution in [0.4, 0.5) is 26.1 Å². The molecule has 2 atom stereocenters. The second kappa shape index (κ2) is 7.78. The standard InChI is InChI=1S/C25H27F2N7/c1-25(26,27)21-12-11-16(13-28-21)14-33-22(29-17-7-4-3-5-8-17)18-15-32(2)24-30-19-9-6-10-20(19)34(24)23(18)31-33/h3-5,7-8,11-13,19-20,29H,6,9-10,14-15H2,1-2H3/t19-,20+/m1/s1. The van der Waals surface area contributed by atoms with Crippen molar-refractivity contribution in [1.82, 2.24) is 19.7 Å². The third-order valence-corrected chi connectivity index (χ3v) is 6.91. The van der Waals surface area contributed by atoms with Crippen LogP contribution in [0.1, 0.15) is 43.0 Å². The van der Waals surface area contributed by atoms with Crippen molar-refractivity contribution in [1.29, 1.82) is 0 Å². The van der Waals surface area contributed by atoms with Crippen molar-refractivity contribution in [2.24, 2.45) is 4.99 Å². The van der Waals surface area contributed by atoms with Crippen molar-refractivity contribution < 1.29 is 8.78 Å². The number of aromatic nitrogens is 3. The Morgan fingerprint density at radius 1 is 1.12 bits per heavy atom. The fraction of sp³-hybridized carbons (Fsp3) is 0.400. The minimum Gasteiger partial charge on any atom is -0.341 e. The lowest BCUT2D eigenvalue weighted by Gasteiger charge is -2.35. The lowest BCUT2D eigenvalue weighted by molar-refractivity contribution is 0.0127. The van der Waals surface area contributed by atoms with E-state index in [1.165, 1.54) is 18.7 Å². The number of nitrogens with one attached hydrogen (secondary N) is 1. The lowest BCUT2D eigenvalue weighted by atomic mass is 10.1. The zero-order chi connectivity index (χ0) is 23.4. The van der Waals surface area contributed by atoms with Gasteiger partial charge < -0.3 is 10.2 Å². The van der Waals surface area contributed by atoms with Crippen LogP contribution in [0, 0.1) is 0 Å². The number of aliphatic imine (C=N–C) groups is 1. The molecule has 6 rings (SSSR count). The summed E-state index contributed by atoms with van der Waals surface area (Å²) < 4.78 is 29.2. The highest BCUT2D eigenvalue weighted by Crippen LogP contribution is 2.43. The first-order valence-corrected chi connectivity index (χ1v) is 11.7. The quantitative estimate of drug-likeness (QED) is 0.593. The molecule has 1 N–H and O–H groups in total. The van der Waals surface area contributed by atoms with Crippen LogP contribution in [-0.4, -0.2) is 44.8 Å². The molecule has 2 aromatic heterocycles. The Balaban J connectivity index is 1.41. The van der Waals surface area contributed by atoms with Gasteiger partial charge in [-0.3, -0.25) is 9.88 Å². The van der Waals surface area contributed by atoms with E-state index in [0.29, 0.717) is 25.2 Å². The van der Waals surface area contributed by atoms with Gasteiger partial charge >= 0.3 is 0 Å². The smallest absolute Gasteiger partial charge is 0.286 e. The van der Waals surface area contributed by atoms with Crippen LogP contribution < -0.4 is 10.2 Å². The van der Waals surface area contributed by atoms with Crippen LogP contribution in [0.15, 0.2) is 53.7 Å². The Hall–Kier alpha value is -3.49. The van der Waals surface area contributed by atoms with E-state index in [9.17, 15) is 8.78 Å². The molecule has 9 heteroatoms. The van der Waals surface area contributed by atoms with Gasteiger partial charge in [0.15, 0.2) is 5.82 Å². The van der Waals surface area contributed by atoms with E-state index < -0.39 is 5.92 Å². The fourth-order valence-corrected chi connectivity index (χ4v) is 5.26. The molecular formula is C25H27F2N7. The maximum atomic E-state index is 13.6. The molecular weight excluding hydrogens is 436 g/mol. The highest BCUT2D eigenvalue weighted by Gasteiger charge is 2.46. The molecule has 1 saturated carbocycles. The van der Waals surface area contributed by atoms with Gasteiger partial charge in [0.2, 0.25) is 5.96 Å². The summed E-state index contributed by atoms with van der Waals surface area (Å²) >= 11 is 0. The molecule has 0 saturated heterocycles. The van der Waals surface area contributed by atoms with Crippen LogP contribution in [-0.2, 0) is 19.0 Å². The molecule has 3 aliphatic rings. The first kappa shape index (κ1) is 21.1. The molecule has 1 aromatic carbocycles. The van der Waals surface area contributed by atoms with E-state index in [1.54, 1.807) is 6.07 Å². The summed E-state index contributed by atoms with van der Waals surface area (Å²) in [7, 11) is 2.08. The van der Waals surface area contributed by atoms with Gasteiger partial charge in [-0.1, -0.05) is 24.3 Å². The number of hydrogen-bond acceptors (Lipinski definition) is 6. The largest absolute Gasteiger partial charge is 0.341 e. The minimum absolute atomic E-state index is 0.231. The van der Waals surface area contributed by atoms with Crippen molar-refractivity contribution in [2.45, 2.75) is 57.3 Å². The molecule has 0 unspecified atom stereocenters. The lowest BCUT2D eigenvalue weighted by Crippen LogP contribution is -2.48. The summed E-state index contributed by atoms with van der Waals surface area (Å²) in [6, 6.07) is 13.8. The summed E-state index contributed by atoms with van der Waals surface area (Å²) in [6.07, 6.45) is 4.92. The maximum absolute atomic E-state index is 13.6. The maximum Gasteiger partial charge on any atom is 0.286 e. The monoisotopic (exact) mass is 463 g/mol. The molecule has 4 heterocycles. The molecule has 34 heavy (non-hydrogen) atoms. The van der Waals surface area contributed by atoms with Gasteiger partial charge in [0.25, 0.3) is 5.92 Å². The molecule has 1 fully saturated rings. The number of halogens is 2. The number of para-hydroxylation sites is 1. The van der Waals surface area contributed by atoms with E-state index >= 15 is 0 Å². The number of fused-ring (bicyclic) bond motifs is 5. The van der Waals surface area contributed by atoms with Gasteiger partial charge in [0.05, 0.1) is 30.7 Å². The number of nitrogens with zero attached hydrogens (tertiary/aromatic N) is 6. The van der Waals surface area contributed by atoms with Crippen LogP contribution in [0.3, 0.4) is 0 Å². The van der Waals surface area contributed by atoms with E-state index in [4.69, 9.17) is 10.1 Å². The molecule has 0 spiro atoms. The van der Waals surface area contributed by atoms with Gasteiger partial charge in [0, 0.05) is 25.9 Å². The van der Waals surface area contributed by atoms with Gasteiger partial charge in [0.1, 0.15) is 11.5 Å². The zero-order valence-corrected chi connectivity index (χ0v) is 19.2. The zero-order valence-electron chi connectivity index (χ0n) is 19.2. The van der Waals surface area contributed by atoms with Crippen LogP contribution in [0.2, 0.25) is 0 Å². The Bertz CT molecular complexity index is 1230. The number of guanidine groups is 1. The first-order chi connectivity index (χ1) is 16.4. The van der Waals surface area contributed by atoms with Crippen LogP contribution in [0.25, 0.3) is 0 Å². The molecule has 176 valence electrons. The van der Waals surface area contributed by atoms with Gasteiger partial charge in [-0.25, -0.2) is 9.67 Å². The van der Waals surface area contributed by atoms with Crippen molar-refractivity contribution >= 4 is 23.3 Å². The van der Waals surface area contributed by atoms with Crippen molar-refractivity contribution in [3.05, 3.63) is 65.5 Å². The van der Waals surface area contributed by atoms with Gasteiger partial charge in [-0.2, -0.15) is 13.9 Å². The van der Waals surface area contributed by atoms with Crippen molar-refractivity contribution in [3.63, 3.8) is 0 Å². The number of anilines is 3. The topological polar surface area (TPSA) is 61.6 Å². The van der Waals surface area contributed by atoms with E-state index in [0.717, 1.165) is 54.2 Å². The second-order valence-electron chi connectivity index (χ2n) is 9.46. The normalized spacial score (nSPS) is 21.2. The summed E-state index contributed by atoms with van der Waals surface area (Å²) in [4.78, 5) is 13.5. The Labute approximate surface area is 197 Å². The number of hydrogen-bond donors (Lipinski definition) is 1. The summed E-state index contributed by atoms with van der Waals surface area (Å²) in [5, 5.41) is 8.61. The predicted molar refractivity (Wildman–Crippen MR) is 128 cm³/mol. The number of benzene rings is 1. The second-order valence-corrected chi connectivity index (χ2v) is 9.46. The minimum atomic E-state index is -2.96. The number of pyridine rings is 1. The average Bonchev–Trinajstić information content (AvgIpc) is 3.49. The number of rotatable bonds is 5. The fourth-order valence-electron chi connectivity index (χ4n) is 5.26. The van der Waals surface area contributed by atoms with Gasteiger partial charge in [-0.05, 0) is 43.0 Å². The predicted octanol–water partition coefficient (Wildman–Crippen LogP) is 4.72. The molecule has 0 amide bonds. The van der Waals surface area contributed by atoms with Gasteiger partial charge in [-0.15, -0.1) is 0 Å². The molecule has 0 radical (unpaired) electrons. The third-order valence-electron chi connectivity index (χ3n) is 6.91. The summed E-state index contributed by atoms with van der Waals surface area (Å²) in [5.74, 6) is -0.126. The van der Waals surface area contributed by atoms with E-state index in [2.05, 4.69) is 27.1 Å². The highest BCUT2D eigenvalue weighted by atomic mass is 19.3. The SMILES string of the molecule is CN1Cc2c(nn(Cc3ccc(C(C)(F)F)nc3)c2Nc2ccccc2)N2C1=N[C@@H]1CCC[C@@H]12. The molecule has 7 nitrogen and oxygen atoms in total. The summed E-state index contributed by atoms with van der Waals surface area (Å²) in [6.45, 7) is 1.97. The number of alkyl halides is 2. The average molecular weight is 464 g/mol. The van der Waals surface area contributed by atoms with E-state index in [1.807, 2.05) is 35.0 Å². The molecule has 0 bridgehead atoms. The first-order valence-electron chi connectivity index (χ1n) is 11.7. The Morgan fingerprint density at radius 3 is 2.68 bits per heavy atom. The van der Waals surface area contributed by atoms with Crippen molar-refractivity contribution in [2.75, 3.05) is 17.3 Å². The van der Waals surface area contributed by atoms with Crippen molar-refractivity contribution in [3.8, 4) is 0 Å². The molecule has 1 aliphatic carbocycles. The molecule has 3 aromatic rings. The third kappa shape index (κ3) is 3.50. The molecule has 2 aliphatic heterocycles. The summed E-state index contributed by atoms with van der Waals surface area (Å²) in [5.41, 5.74) is 2.66.